The Morgan fingerprint density at radius 2 is 0.893 bits per heavy atom. The Bertz CT molecular complexity index is 2030. The van der Waals surface area contributed by atoms with E-state index in [2.05, 4.69) is 30.6 Å². The minimum absolute atomic E-state index is 0.360. The van der Waals surface area contributed by atoms with E-state index in [-0.39, 0.29) is 28.4 Å². The first kappa shape index (κ1) is 43.8. The molecule has 2 aromatic heterocycles. The standard InChI is InChI=1S/C17H20BNO4.C12H24B2O4.C11H8BrNO2/c1-16(2)17(3,4)23-18(22-16)13-9-8-12(15(20)21-5)14-11(13)7-6-10-19-14;1-9(2)10(3,4)16-13(15-9)14-17-11(5,6)12(7,8)18-14;1-15-11(14)8-4-5-9(12)7-3-2-6-13-10(7)8/h6-10H,1-5H3;1-8H3;2-6H,1H3. The van der Waals surface area contributed by atoms with E-state index in [1.807, 2.05) is 119 Å². The molecular formula is C40H52B3BrN2O10. The van der Waals surface area contributed by atoms with Crippen LogP contribution in [-0.2, 0) is 37.4 Å². The van der Waals surface area contributed by atoms with Gasteiger partial charge in [-0.25, -0.2) is 9.59 Å². The van der Waals surface area contributed by atoms with Crippen LogP contribution in [0.5, 0.6) is 0 Å². The molecule has 12 nitrogen and oxygen atoms in total. The predicted octanol–water partition coefficient (Wildman–Crippen LogP) is 7.35. The topological polar surface area (TPSA) is 134 Å². The number of benzene rings is 2. The van der Waals surface area contributed by atoms with Gasteiger partial charge in [-0.05, 0) is 119 Å². The van der Waals surface area contributed by atoms with Crippen LogP contribution in [0.15, 0.2) is 65.4 Å². The summed E-state index contributed by atoms with van der Waals surface area (Å²) in [4.78, 5) is 31.9. The van der Waals surface area contributed by atoms with Crippen molar-refractivity contribution in [3.63, 3.8) is 0 Å². The van der Waals surface area contributed by atoms with Gasteiger partial charge >= 0.3 is 33.1 Å². The third-order valence-electron chi connectivity index (χ3n) is 11.6. The van der Waals surface area contributed by atoms with Crippen molar-refractivity contribution in [2.45, 2.75) is 117 Å². The molecule has 5 heterocycles. The molecule has 0 N–H and O–H groups in total. The molecule has 3 aliphatic heterocycles. The van der Waals surface area contributed by atoms with Gasteiger partial charge in [0.15, 0.2) is 0 Å². The molecule has 3 aliphatic rings. The molecule has 0 spiro atoms. The van der Waals surface area contributed by atoms with E-state index in [4.69, 9.17) is 32.7 Å². The fraction of sp³-hybridized carbons (Fsp3) is 0.500. The molecule has 298 valence electrons. The van der Waals surface area contributed by atoms with Crippen molar-refractivity contribution in [2.75, 3.05) is 14.2 Å². The zero-order chi connectivity index (χ0) is 41.6. The molecule has 0 bridgehead atoms. The van der Waals surface area contributed by atoms with E-state index in [9.17, 15) is 9.59 Å². The molecule has 16 heteroatoms. The van der Waals surface area contributed by atoms with Gasteiger partial charge in [0.2, 0.25) is 0 Å². The Morgan fingerprint density at radius 3 is 1.30 bits per heavy atom. The van der Waals surface area contributed by atoms with Crippen LogP contribution < -0.4 is 5.46 Å². The van der Waals surface area contributed by atoms with Crippen LogP contribution >= 0.6 is 15.9 Å². The smallest absolute Gasteiger partial charge is 0.465 e. The highest BCUT2D eigenvalue weighted by atomic mass is 79.9. The average Bonchev–Trinajstić information content (AvgIpc) is 3.60. The lowest BCUT2D eigenvalue weighted by Crippen LogP contribution is -2.41. The first-order valence-corrected chi connectivity index (χ1v) is 19.3. The Balaban J connectivity index is 0.000000165. The number of hydrogen-bond donors (Lipinski definition) is 0. The zero-order valence-corrected chi connectivity index (χ0v) is 36.4. The van der Waals surface area contributed by atoms with E-state index in [1.54, 1.807) is 24.5 Å². The van der Waals surface area contributed by atoms with Crippen LogP contribution in [0, 0.1) is 0 Å². The number of rotatable bonds is 4. The number of carbonyl (C=O) groups is 2. The number of pyridine rings is 2. The summed E-state index contributed by atoms with van der Waals surface area (Å²) in [6.07, 6.45) is 3.31. The second-order valence-corrected chi connectivity index (χ2v) is 17.8. The Hall–Kier alpha value is -3.37. The number of fused-ring (bicyclic) bond motifs is 2. The highest BCUT2D eigenvalue weighted by molar-refractivity contribution is 9.10. The van der Waals surface area contributed by atoms with Gasteiger partial charge in [0.05, 0.1) is 70.0 Å². The third-order valence-corrected chi connectivity index (χ3v) is 12.3. The lowest BCUT2D eigenvalue weighted by molar-refractivity contribution is 0.00578. The average molecular weight is 833 g/mol. The van der Waals surface area contributed by atoms with Crippen LogP contribution in [0.1, 0.15) is 104 Å². The summed E-state index contributed by atoms with van der Waals surface area (Å²) in [5, 5.41) is 1.73. The Morgan fingerprint density at radius 1 is 0.536 bits per heavy atom. The first-order valence-electron chi connectivity index (χ1n) is 18.5. The second-order valence-electron chi connectivity index (χ2n) is 16.9. The zero-order valence-electron chi connectivity index (χ0n) is 34.9. The number of esters is 2. The van der Waals surface area contributed by atoms with E-state index < -0.39 is 38.3 Å². The second kappa shape index (κ2) is 15.8. The summed E-state index contributed by atoms with van der Waals surface area (Å²) in [7, 11) is 1.27. The Kier molecular flexibility index (Phi) is 12.3. The van der Waals surface area contributed by atoms with E-state index in [1.165, 1.54) is 14.2 Å². The summed E-state index contributed by atoms with van der Waals surface area (Å²) in [5.74, 6) is -0.777. The highest BCUT2D eigenvalue weighted by Gasteiger charge is 2.63. The van der Waals surface area contributed by atoms with Crippen LogP contribution in [0.2, 0.25) is 0 Å². The van der Waals surface area contributed by atoms with Gasteiger partial charge in [-0.1, -0.05) is 34.1 Å². The van der Waals surface area contributed by atoms with E-state index in [0.29, 0.717) is 22.2 Å². The fourth-order valence-corrected chi connectivity index (χ4v) is 6.51. The number of halogens is 1. The molecule has 3 fully saturated rings. The number of ether oxygens (including phenoxy) is 2. The highest BCUT2D eigenvalue weighted by Crippen LogP contribution is 2.43. The first-order chi connectivity index (χ1) is 25.9. The largest absolute Gasteiger partial charge is 0.495 e. The predicted molar refractivity (Wildman–Crippen MR) is 222 cm³/mol. The van der Waals surface area contributed by atoms with Gasteiger partial charge in [-0.15, -0.1) is 0 Å². The molecule has 0 unspecified atom stereocenters. The molecule has 0 saturated carbocycles. The molecule has 56 heavy (non-hydrogen) atoms. The molecule has 0 radical (unpaired) electrons. The molecule has 3 saturated heterocycles. The maximum absolute atomic E-state index is 11.9. The monoisotopic (exact) mass is 832 g/mol. The van der Waals surface area contributed by atoms with Crippen LogP contribution in [0.25, 0.3) is 21.8 Å². The summed E-state index contributed by atoms with van der Waals surface area (Å²) in [6.45, 7) is 24.2. The number of aromatic nitrogens is 2. The van der Waals surface area contributed by atoms with Crippen LogP contribution in [0.4, 0.5) is 0 Å². The fourth-order valence-electron chi connectivity index (χ4n) is 6.06. The minimum atomic E-state index is -0.501. The van der Waals surface area contributed by atoms with Crippen LogP contribution in [-0.4, -0.2) is 90.9 Å². The SMILES string of the molecule is CC1(C)OB(B2OC(C)(C)C(C)(C)O2)OC1(C)C.COC(=O)c1ccc(B2OC(C)(C)C(C)(C)O2)c2cccnc12.COC(=O)c1ccc(Br)c2cccnc12. The van der Waals surface area contributed by atoms with Crippen molar-refractivity contribution < 1.29 is 47.0 Å². The van der Waals surface area contributed by atoms with Crippen molar-refractivity contribution in [1.29, 1.82) is 0 Å². The molecular weight excluding hydrogens is 781 g/mol. The molecule has 7 rings (SSSR count). The van der Waals surface area contributed by atoms with Crippen molar-refractivity contribution in [2.24, 2.45) is 0 Å². The van der Waals surface area contributed by atoms with Gasteiger partial charge in [-0.2, -0.15) is 0 Å². The van der Waals surface area contributed by atoms with Crippen molar-refractivity contribution >= 4 is 76.3 Å². The van der Waals surface area contributed by atoms with Crippen LogP contribution in [0.3, 0.4) is 0 Å². The summed E-state index contributed by atoms with van der Waals surface area (Å²) < 4.78 is 46.5. The van der Waals surface area contributed by atoms with E-state index in [0.717, 1.165) is 20.7 Å². The minimum Gasteiger partial charge on any atom is -0.465 e. The van der Waals surface area contributed by atoms with Gasteiger partial charge in [0.25, 0.3) is 0 Å². The van der Waals surface area contributed by atoms with Gasteiger partial charge in [-0.3, -0.25) is 9.97 Å². The molecule has 2 aromatic carbocycles. The quantitative estimate of drug-likeness (QED) is 0.150. The summed E-state index contributed by atoms with van der Waals surface area (Å²) in [6, 6.07) is 14.5. The van der Waals surface area contributed by atoms with Crippen molar-refractivity contribution in [3.8, 4) is 0 Å². The Labute approximate surface area is 339 Å². The maximum atomic E-state index is 11.9. The maximum Gasteiger partial charge on any atom is 0.495 e. The summed E-state index contributed by atoms with van der Waals surface area (Å²) >= 11 is 3.41. The number of nitrogens with zero attached hydrogens (tertiary/aromatic N) is 2. The van der Waals surface area contributed by atoms with Gasteiger partial charge in [0, 0.05) is 27.6 Å². The third kappa shape index (κ3) is 8.43. The number of hydrogen-bond acceptors (Lipinski definition) is 12. The molecule has 0 amide bonds. The van der Waals surface area contributed by atoms with Crippen molar-refractivity contribution in [3.05, 3.63) is 76.5 Å². The normalized spacial score (nSPS) is 20.9. The number of methoxy groups -OCH3 is 2. The number of carbonyl (C=O) groups excluding carboxylic acids is 2. The van der Waals surface area contributed by atoms with E-state index >= 15 is 0 Å². The van der Waals surface area contributed by atoms with Crippen molar-refractivity contribution in [1.82, 2.24) is 9.97 Å². The van der Waals surface area contributed by atoms with Gasteiger partial charge < -0.3 is 37.4 Å². The van der Waals surface area contributed by atoms with Gasteiger partial charge in [0.1, 0.15) is 0 Å². The molecule has 4 aromatic rings. The lowest BCUT2D eigenvalue weighted by Gasteiger charge is -2.32. The lowest BCUT2D eigenvalue weighted by atomic mass is 9.49. The molecule has 0 aliphatic carbocycles. The molecule has 0 atom stereocenters. The summed E-state index contributed by atoms with van der Waals surface area (Å²) in [5.41, 5.74) is 0.732.